The van der Waals surface area contributed by atoms with Crippen LogP contribution < -0.4 is 0 Å². The molecule has 1 N–H and O–H groups in total. The average Bonchev–Trinajstić information content (AvgIpc) is 3.18. The van der Waals surface area contributed by atoms with Gasteiger partial charge in [0.15, 0.2) is 0 Å². The molecule has 2 aliphatic heterocycles. The van der Waals surface area contributed by atoms with Gasteiger partial charge in [-0.05, 0) is 30.5 Å². The minimum absolute atomic E-state index is 0.345. The van der Waals surface area contributed by atoms with Crippen LogP contribution in [0.4, 0.5) is 0 Å². The molecule has 0 aliphatic carbocycles. The molecule has 0 saturated carbocycles. The Morgan fingerprint density at radius 3 is 2.70 bits per heavy atom. The third kappa shape index (κ3) is 2.97. The van der Waals surface area contributed by atoms with Gasteiger partial charge >= 0.3 is 0 Å². The quantitative estimate of drug-likeness (QED) is 0.768. The summed E-state index contributed by atoms with van der Waals surface area (Å²) < 4.78 is 5.66. The summed E-state index contributed by atoms with van der Waals surface area (Å²) in [6, 6.07) is 15.4. The Balaban J connectivity index is 1.43. The van der Waals surface area contributed by atoms with Gasteiger partial charge in [-0.15, -0.1) is 0 Å². The van der Waals surface area contributed by atoms with Crippen LogP contribution in [0.5, 0.6) is 0 Å². The summed E-state index contributed by atoms with van der Waals surface area (Å²) in [5, 5.41) is 7.48. The standard InChI is InChI=1S/C22H24N4O/c1-2-5-17(6-3-1)21-22(8-11-27-12-9-22)16-26(21)15-19-14-24-25-20(19)18-7-4-10-23-13-18/h1-7,10,13-14,21H,8-9,11-12,15-16H2,(H,24,25). The highest BCUT2D eigenvalue weighted by Gasteiger charge is 2.53. The van der Waals surface area contributed by atoms with Crippen molar-refractivity contribution in [3.63, 3.8) is 0 Å². The maximum Gasteiger partial charge on any atom is 0.0710 e. The number of likely N-dealkylation sites (tertiary alicyclic amines) is 1. The molecule has 0 amide bonds. The molecule has 2 fully saturated rings. The zero-order valence-electron chi connectivity index (χ0n) is 15.3. The first-order chi connectivity index (χ1) is 13.4. The molecule has 2 aromatic heterocycles. The predicted octanol–water partition coefficient (Wildman–Crippen LogP) is 3.83. The Morgan fingerprint density at radius 2 is 1.93 bits per heavy atom. The number of aromatic amines is 1. The van der Waals surface area contributed by atoms with Crippen LogP contribution in [0.3, 0.4) is 0 Å². The van der Waals surface area contributed by atoms with E-state index in [1.807, 2.05) is 18.5 Å². The molecule has 2 aliphatic rings. The van der Waals surface area contributed by atoms with Crippen LogP contribution in [0.2, 0.25) is 0 Å². The maximum atomic E-state index is 5.66. The van der Waals surface area contributed by atoms with Gasteiger partial charge in [0, 0.05) is 61.3 Å². The predicted molar refractivity (Wildman–Crippen MR) is 104 cm³/mol. The van der Waals surface area contributed by atoms with E-state index < -0.39 is 0 Å². The Labute approximate surface area is 159 Å². The number of H-pyrrole nitrogens is 1. The second kappa shape index (κ2) is 6.91. The summed E-state index contributed by atoms with van der Waals surface area (Å²) in [5.41, 5.74) is 5.14. The summed E-state index contributed by atoms with van der Waals surface area (Å²) in [5.74, 6) is 0. The molecule has 2 saturated heterocycles. The van der Waals surface area contributed by atoms with Crippen molar-refractivity contribution in [2.75, 3.05) is 19.8 Å². The molecule has 0 bridgehead atoms. The van der Waals surface area contributed by atoms with E-state index in [9.17, 15) is 0 Å². The lowest BCUT2D eigenvalue weighted by Crippen LogP contribution is -2.59. The second-order valence-corrected chi connectivity index (χ2v) is 7.70. The van der Waals surface area contributed by atoms with Crippen LogP contribution in [0, 0.1) is 5.41 Å². The monoisotopic (exact) mass is 360 g/mol. The first kappa shape index (κ1) is 16.7. The van der Waals surface area contributed by atoms with E-state index in [-0.39, 0.29) is 0 Å². The van der Waals surface area contributed by atoms with E-state index in [1.165, 1.54) is 11.1 Å². The molecule has 5 heteroatoms. The number of rotatable bonds is 4. The van der Waals surface area contributed by atoms with Gasteiger partial charge < -0.3 is 4.74 Å². The average molecular weight is 360 g/mol. The smallest absolute Gasteiger partial charge is 0.0710 e. The van der Waals surface area contributed by atoms with E-state index in [4.69, 9.17) is 4.74 Å². The maximum absolute atomic E-state index is 5.66. The van der Waals surface area contributed by atoms with Gasteiger partial charge in [-0.2, -0.15) is 5.10 Å². The van der Waals surface area contributed by atoms with Gasteiger partial charge in [0.2, 0.25) is 0 Å². The van der Waals surface area contributed by atoms with Crippen LogP contribution in [0.1, 0.15) is 30.0 Å². The molecule has 27 heavy (non-hydrogen) atoms. The number of nitrogens with one attached hydrogen (secondary N) is 1. The Morgan fingerprint density at radius 1 is 1.07 bits per heavy atom. The van der Waals surface area contributed by atoms with Gasteiger partial charge in [0.05, 0.1) is 11.9 Å². The SMILES string of the molecule is c1ccc(C2N(Cc3cn[nH]c3-c3cccnc3)CC23CCOCC3)cc1. The molecule has 1 atom stereocenters. The highest BCUT2D eigenvalue weighted by molar-refractivity contribution is 5.61. The van der Waals surface area contributed by atoms with Crippen LogP contribution in [0.15, 0.2) is 61.1 Å². The number of hydrogen-bond acceptors (Lipinski definition) is 4. The minimum atomic E-state index is 0.345. The van der Waals surface area contributed by atoms with Gasteiger partial charge in [-0.1, -0.05) is 30.3 Å². The molecule has 138 valence electrons. The Hall–Kier alpha value is -2.50. The van der Waals surface area contributed by atoms with Crippen molar-refractivity contribution in [2.24, 2.45) is 5.41 Å². The van der Waals surface area contributed by atoms with Crippen molar-refractivity contribution in [2.45, 2.75) is 25.4 Å². The van der Waals surface area contributed by atoms with E-state index in [0.717, 1.165) is 50.4 Å². The number of hydrogen-bond donors (Lipinski definition) is 1. The lowest BCUT2D eigenvalue weighted by atomic mass is 9.64. The third-order valence-corrected chi connectivity index (χ3v) is 6.11. The fourth-order valence-electron chi connectivity index (χ4n) is 4.82. The van der Waals surface area contributed by atoms with Crippen LogP contribution in [0.25, 0.3) is 11.3 Å². The molecule has 5 rings (SSSR count). The molecule has 1 unspecified atom stereocenters. The van der Waals surface area contributed by atoms with E-state index in [2.05, 4.69) is 56.5 Å². The summed E-state index contributed by atoms with van der Waals surface area (Å²) in [6.07, 6.45) is 7.93. The second-order valence-electron chi connectivity index (χ2n) is 7.70. The zero-order valence-corrected chi connectivity index (χ0v) is 15.3. The normalized spacial score (nSPS) is 21.9. The number of ether oxygens (including phenoxy) is 1. The van der Waals surface area contributed by atoms with Crippen LogP contribution >= 0.6 is 0 Å². The summed E-state index contributed by atoms with van der Waals surface area (Å²) in [7, 11) is 0. The van der Waals surface area contributed by atoms with Gasteiger partial charge in [0.1, 0.15) is 0 Å². The number of nitrogens with zero attached hydrogens (tertiary/aromatic N) is 3. The fourth-order valence-corrected chi connectivity index (χ4v) is 4.82. The lowest BCUT2D eigenvalue weighted by Gasteiger charge is -2.59. The lowest BCUT2D eigenvalue weighted by molar-refractivity contribution is -0.139. The van der Waals surface area contributed by atoms with E-state index in [1.54, 1.807) is 6.20 Å². The molecule has 4 heterocycles. The van der Waals surface area contributed by atoms with Crippen molar-refractivity contribution >= 4 is 0 Å². The van der Waals surface area contributed by atoms with Crippen molar-refractivity contribution < 1.29 is 4.74 Å². The van der Waals surface area contributed by atoms with Gasteiger partial charge in [0.25, 0.3) is 0 Å². The molecule has 1 spiro atoms. The van der Waals surface area contributed by atoms with Crippen LogP contribution in [-0.2, 0) is 11.3 Å². The zero-order chi connectivity index (χ0) is 18.1. The first-order valence-electron chi connectivity index (χ1n) is 9.65. The van der Waals surface area contributed by atoms with Crippen molar-refractivity contribution in [1.29, 1.82) is 0 Å². The summed E-state index contributed by atoms with van der Waals surface area (Å²) >= 11 is 0. The van der Waals surface area contributed by atoms with Gasteiger partial charge in [-0.3, -0.25) is 15.0 Å². The molecule has 3 aromatic rings. The number of benzene rings is 1. The van der Waals surface area contributed by atoms with Gasteiger partial charge in [-0.25, -0.2) is 0 Å². The van der Waals surface area contributed by atoms with Crippen molar-refractivity contribution in [3.05, 3.63) is 72.2 Å². The molecule has 5 nitrogen and oxygen atoms in total. The summed E-state index contributed by atoms with van der Waals surface area (Å²) in [4.78, 5) is 6.84. The molecular weight excluding hydrogens is 336 g/mol. The highest BCUT2D eigenvalue weighted by atomic mass is 16.5. The van der Waals surface area contributed by atoms with Crippen molar-refractivity contribution in [3.8, 4) is 11.3 Å². The number of aromatic nitrogens is 3. The Kier molecular flexibility index (Phi) is 4.26. The Bertz CT molecular complexity index is 887. The third-order valence-electron chi connectivity index (χ3n) is 6.11. The summed E-state index contributed by atoms with van der Waals surface area (Å²) in [6.45, 7) is 3.77. The topological polar surface area (TPSA) is 54.0 Å². The fraction of sp³-hybridized carbons (Fsp3) is 0.364. The molecule has 1 aromatic carbocycles. The first-order valence-corrected chi connectivity index (χ1v) is 9.65. The van der Waals surface area contributed by atoms with Crippen molar-refractivity contribution in [1.82, 2.24) is 20.1 Å². The molecule has 0 radical (unpaired) electrons. The number of pyridine rings is 1. The van der Waals surface area contributed by atoms with Crippen LogP contribution in [-0.4, -0.2) is 39.8 Å². The highest BCUT2D eigenvalue weighted by Crippen LogP contribution is 2.55. The van der Waals surface area contributed by atoms with E-state index >= 15 is 0 Å². The molecular formula is C22H24N4O. The largest absolute Gasteiger partial charge is 0.381 e. The minimum Gasteiger partial charge on any atom is -0.381 e. The van der Waals surface area contributed by atoms with E-state index in [0.29, 0.717) is 11.5 Å².